The summed E-state index contributed by atoms with van der Waals surface area (Å²) in [5, 5.41) is 11.9. The van der Waals surface area contributed by atoms with Crippen molar-refractivity contribution in [1.82, 2.24) is 10.2 Å². The Kier molecular flexibility index (Phi) is 6.03. The minimum atomic E-state index is 0.519. The predicted molar refractivity (Wildman–Crippen MR) is 132 cm³/mol. The van der Waals surface area contributed by atoms with E-state index in [0.29, 0.717) is 5.92 Å². The minimum Gasteiger partial charge on any atom is -0.350 e. The number of anilines is 1. The molecular formula is C28H31N3. The quantitative estimate of drug-likeness (QED) is 0.347. The number of rotatable bonds is 6. The van der Waals surface area contributed by atoms with Crippen molar-refractivity contribution < 1.29 is 0 Å². The van der Waals surface area contributed by atoms with Crippen molar-refractivity contribution in [1.29, 1.82) is 0 Å². The van der Waals surface area contributed by atoms with Crippen molar-refractivity contribution in [3.8, 4) is 11.3 Å². The maximum Gasteiger partial charge on any atom is 0.159 e. The molecule has 1 heterocycles. The number of aryl methyl sites for hydroxylation is 3. The van der Waals surface area contributed by atoms with Gasteiger partial charge in [-0.1, -0.05) is 86.1 Å². The van der Waals surface area contributed by atoms with Crippen LogP contribution in [0.25, 0.3) is 22.0 Å². The third-order valence-electron chi connectivity index (χ3n) is 5.68. The van der Waals surface area contributed by atoms with Crippen molar-refractivity contribution in [3.05, 3.63) is 89.0 Å². The highest BCUT2D eigenvalue weighted by molar-refractivity contribution is 6.01. The molecule has 0 radical (unpaired) electrons. The maximum absolute atomic E-state index is 4.81. The molecule has 0 spiro atoms. The van der Waals surface area contributed by atoms with Gasteiger partial charge in [0, 0.05) is 29.4 Å². The number of hydrogen-bond donors (Lipinski definition) is 0. The Morgan fingerprint density at radius 3 is 2.03 bits per heavy atom. The number of hydrogen-bond acceptors (Lipinski definition) is 3. The molecular weight excluding hydrogens is 378 g/mol. The topological polar surface area (TPSA) is 29.0 Å². The molecule has 158 valence electrons. The molecule has 4 aromatic rings. The maximum atomic E-state index is 4.81. The van der Waals surface area contributed by atoms with Gasteiger partial charge in [0.25, 0.3) is 0 Å². The molecule has 0 aliphatic carbocycles. The predicted octanol–water partition coefficient (Wildman–Crippen LogP) is 6.88. The third kappa shape index (κ3) is 4.46. The van der Waals surface area contributed by atoms with E-state index < -0.39 is 0 Å². The summed E-state index contributed by atoms with van der Waals surface area (Å²) < 4.78 is 0. The molecule has 0 unspecified atom stereocenters. The normalized spacial score (nSPS) is 11.3. The Morgan fingerprint density at radius 2 is 1.39 bits per heavy atom. The highest BCUT2D eigenvalue weighted by Crippen LogP contribution is 2.35. The first-order valence-electron chi connectivity index (χ1n) is 11.1. The van der Waals surface area contributed by atoms with Gasteiger partial charge in [0.2, 0.25) is 0 Å². The molecule has 0 saturated carbocycles. The fraction of sp³-hybridized carbons (Fsp3) is 0.286. The minimum absolute atomic E-state index is 0.519. The zero-order valence-corrected chi connectivity index (χ0v) is 19.2. The first kappa shape index (κ1) is 21.0. The monoisotopic (exact) mass is 409 g/mol. The van der Waals surface area contributed by atoms with Crippen LogP contribution >= 0.6 is 0 Å². The first-order valence-corrected chi connectivity index (χ1v) is 11.1. The summed E-state index contributed by atoms with van der Waals surface area (Å²) in [4.78, 5) is 2.37. The average Bonchev–Trinajstić information content (AvgIpc) is 2.73. The first-order chi connectivity index (χ1) is 14.9. The van der Waals surface area contributed by atoms with Gasteiger partial charge in [0.05, 0.1) is 0 Å². The summed E-state index contributed by atoms with van der Waals surface area (Å²) in [5.41, 5.74) is 7.21. The van der Waals surface area contributed by atoms with E-state index in [1.54, 1.807) is 0 Å². The Bertz CT molecular complexity index is 1170. The molecule has 3 nitrogen and oxygen atoms in total. The van der Waals surface area contributed by atoms with E-state index in [-0.39, 0.29) is 0 Å². The lowest BCUT2D eigenvalue weighted by Gasteiger charge is -2.27. The Labute approximate surface area is 185 Å². The highest BCUT2D eigenvalue weighted by Gasteiger charge is 2.19. The van der Waals surface area contributed by atoms with Crippen molar-refractivity contribution in [2.24, 2.45) is 5.92 Å². The lowest BCUT2D eigenvalue weighted by Crippen LogP contribution is -2.28. The van der Waals surface area contributed by atoms with Crippen LogP contribution in [-0.4, -0.2) is 16.7 Å². The van der Waals surface area contributed by atoms with Crippen LogP contribution in [0.1, 0.15) is 36.1 Å². The van der Waals surface area contributed by atoms with Crippen molar-refractivity contribution >= 4 is 16.6 Å². The van der Waals surface area contributed by atoms with Gasteiger partial charge in [-0.15, -0.1) is 10.2 Å². The van der Waals surface area contributed by atoms with Gasteiger partial charge in [-0.2, -0.15) is 0 Å². The summed E-state index contributed by atoms with van der Waals surface area (Å²) in [7, 11) is 0. The van der Waals surface area contributed by atoms with E-state index in [0.717, 1.165) is 35.4 Å². The van der Waals surface area contributed by atoms with Crippen LogP contribution in [0.3, 0.4) is 0 Å². The summed E-state index contributed by atoms with van der Waals surface area (Å²) >= 11 is 0. The van der Waals surface area contributed by atoms with E-state index in [9.17, 15) is 0 Å². The fourth-order valence-corrected chi connectivity index (χ4v) is 4.53. The number of nitrogens with zero attached hydrogens (tertiary/aromatic N) is 3. The van der Waals surface area contributed by atoms with E-state index >= 15 is 0 Å². The Balaban J connectivity index is 1.87. The van der Waals surface area contributed by atoms with Crippen molar-refractivity contribution in [2.75, 3.05) is 11.4 Å². The van der Waals surface area contributed by atoms with Gasteiger partial charge in [0.15, 0.2) is 5.82 Å². The van der Waals surface area contributed by atoms with Gasteiger partial charge < -0.3 is 4.90 Å². The molecule has 0 atom stereocenters. The van der Waals surface area contributed by atoms with Gasteiger partial charge >= 0.3 is 0 Å². The standard InChI is InChI=1S/C28H31N3/c1-19(2)17-31(18-23-11-7-6-8-12-23)28-25-14-10-9-13-24(25)27(29-30-28)26-21(4)15-20(3)16-22(26)5/h6-16,19H,17-18H2,1-5H3. The molecule has 0 aliphatic rings. The van der Waals surface area contributed by atoms with E-state index in [1.807, 2.05) is 0 Å². The van der Waals surface area contributed by atoms with Crippen LogP contribution in [0.2, 0.25) is 0 Å². The Morgan fingerprint density at radius 1 is 0.774 bits per heavy atom. The summed E-state index contributed by atoms with van der Waals surface area (Å²) in [6.07, 6.45) is 0. The van der Waals surface area contributed by atoms with E-state index in [1.165, 1.54) is 27.8 Å². The van der Waals surface area contributed by atoms with Crippen LogP contribution in [-0.2, 0) is 6.54 Å². The molecule has 0 saturated heterocycles. The SMILES string of the molecule is Cc1cc(C)c(-c2nnc(N(Cc3ccccc3)CC(C)C)c3ccccc23)c(C)c1. The zero-order valence-electron chi connectivity index (χ0n) is 19.2. The van der Waals surface area contributed by atoms with Crippen LogP contribution in [0, 0.1) is 26.7 Å². The third-order valence-corrected chi connectivity index (χ3v) is 5.68. The second-order valence-electron chi connectivity index (χ2n) is 8.95. The molecule has 4 rings (SSSR count). The van der Waals surface area contributed by atoms with Crippen molar-refractivity contribution in [3.63, 3.8) is 0 Å². The van der Waals surface area contributed by atoms with E-state index in [2.05, 4.69) is 106 Å². The molecule has 3 aromatic carbocycles. The Hall–Kier alpha value is -3.20. The highest BCUT2D eigenvalue weighted by atomic mass is 15.3. The molecule has 0 N–H and O–H groups in total. The molecule has 31 heavy (non-hydrogen) atoms. The van der Waals surface area contributed by atoms with Gasteiger partial charge in [0.1, 0.15) is 5.69 Å². The molecule has 1 aromatic heterocycles. The van der Waals surface area contributed by atoms with Gasteiger partial charge in [-0.25, -0.2) is 0 Å². The molecule has 0 bridgehead atoms. The van der Waals surface area contributed by atoms with Gasteiger partial charge in [-0.05, 0) is 43.4 Å². The second kappa shape index (κ2) is 8.89. The van der Waals surface area contributed by atoms with Crippen molar-refractivity contribution in [2.45, 2.75) is 41.2 Å². The lowest BCUT2D eigenvalue weighted by atomic mass is 9.94. The van der Waals surface area contributed by atoms with E-state index in [4.69, 9.17) is 10.2 Å². The van der Waals surface area contributed by atoms with Crippen LogP contribution in [0.15, 0.2) is 66.7 Å². The summed E-state index contributed by atoms with van der Waals surface area (Å²) in [6, 6.07) is 23.6. The number of benzene rings is 3. The van der Waals surface area contributed by atoms with Gasteiger partial charge in [-0.3, -0.25) is 0 Å². The number of fused-ring (bicyclic) bond motifs is 1. The molecule has 0 fully saturated rings. The molecule has 0 aliphatic heterocycles. The lowest BCUT2D eigenvalue weighted by molar-refractivity contribution is 0.604. The number of aromatic nitrogens is 2. The smallest absolute Gasteiger partial charge is 0.159 e. The largest absolute Gasteiger partial charge is 0.350 e. The average molecular weight is 410 g/mol. The fourth-order valence-electron chi connectivity index (χ4n) is 4.53. The van der Waals surface area contributed by atoms with Crippen LogP contribution < -0.4 is 4.90 Å². The van der Waals surface area contributed by atoms with Crippen LogP contribution in [0.5, 0.6) is 0 Å². The molecule has 0 amide bonds. The zero-order chi connectivity index (χ0) is 22.0. The summed E-state index contributed by atoms with van der Waals surface area (Å²) in [6.45, 7) is 12.7. The second-order valence-corrected chi connectivity index (χ2v) is 8.95. The van der Waals surface area contributed by atoms with Crippen LogP contribution in [0.4, 0.5) is 5.82 Å². The molecule has 3 heteroatoms. The summed E-state index contributed by atoms with van der Waals surface area (Å²) in [5.74, 6) is 1.48.